The number of benzene rings is 1. The van der Waals surface area contributed by atoms with Crippen LogP contribution in [-0.4, -0.2) is 16.1 Å². The van der Waals surface area contributed by atoms with Crippen molar-refractivity contribution in [2.45, 2.75) is 32.4 Å². The topological polar surface area (TPSA) is 36.4 Å². The number of aliphatic hydroxyl groups excluding tert-OH is 1. The van der Waals surface area contributed by atoms with Crippen LogP contribution in [0, 0.1) is 0 Å². The van der Waals surface area contributed by atoms with E-state index in [4.69, 9.17) is 5.11 Å². The van der Waals surface area contributed by atoms with Crippen molar-refractivity contribution in [1.82, 2.24) is 4.98 Å². The first kappa shape index (κ1) is 12.2. The first-order valence-corrected chi connectivity index (χ1v) is 6.72. The number of fused-ring (bicyclic) bond motifs is 1. The molecule has 0 bridgehead atoms. The highest BCUT2D eigenvalue weighted by Crippen LogP contribution is 2.35. The molecule has 19 heavy (non-hydrogen) atoms. The molecule has 3 rings (SSSR count). The summed E-state index contributed by atoms with van der Waals surface area (Å²) in [5.41, 5.74) is 3.49. The number of pyridine rings is 1. The summed E-state index contributed by atoms with van der Waals surface area (Å²) >= 11 is 0. The van der Waals surface area contributed by atoms with Crippen LogP contribution in [0.3, 0.4) is 0 Å². The average molecular weight is 254 g/mol. The maximum Gasteiger partial charge on any atom is 0.133 e. The second-order valence-corrected chi connectivity index (χ2v) is 5.07. The number of rotatable bonds is 2. The summed E-state index contributed by atoms with van der Waals surface area (Å²) in [6.45, 7) is 2.27. The van der Waals surface area contributed by atoms with E-state index in [1.807, 2.05) is 12.1 Å². The van der Waals surface area contributed by atoms with Gasteiger partial charge in [0.05, 0.1) is 6.61 Å². The zero-order valence-corrected chi connectivity index (χ0v) is 11.1. The molecule has 0 aliphatic carbocycles. The van der Waals surface area contributed by atoms with E-state index in [2.05, 4.69) is 41.1 Å². The number of aliphatic hydroxyl groups is 1. The van der Waals surface area contributed by atoms with Gasteiger partial charge in [0, 0.05) is 17.9 Å². The molecule has 1 aliphatic heterocycles. The largest absolute Gasteiger partial charge is 0.392 e. The minimum absolute atomic E-state index is 0.0411. The smallest absolute Gasteiger partial charge is 0.133 e. The first-order chi connectivity index (χ1) is 9.29. The minimum Gasteiger partial charge on any atom is -0.392 e. The normalized spacial score (nSPS) is 18.2. The summed E-state index contributed by atoms with van der Waals surface area (Å²) in [5.74, 6) is 0.955. The molecule has 0 saturated carbocycles. The van der Waals surface area contributed by atoms with Crippen LogP contribution in [0.25, 0.3) is 0 Å². The van der Waals surface area contributed by atoms with Gasteiger partial charge in [-0.15, -0.1) is 0 Å². The lowest BCUT2D eigenvalue weighted by atomic mass is 9.96. The van der Waals surface area contributed by atoms with Crippen molar-refractivity contribution in [2.24, 2.45) is 0 Å². The van der Waals surface area contributed by atoms with Crippen molar-refractivity contribution < 1.29 is 5.11 Å². The molecule has 3 heteroatoms. The molecular weight excluding hydrogens is 236 g/mol. The first-order valence-electron chi connectivity index (χ1n) is 6.72. The van der Waals surface area contributed by atoms with Gasteiger partial charge >= 0.3 is 0 Å². The highest BCUT2D eigenvalue weighted by molar-refractivity contribution is 5.66. The summed E-state index contributed by atoms with van der Waals surface area (Å²) in [5, 5.41) is 9.09. The third-order valence-corrected chi connectivity index (χ3v) is 3.76. The Balaban J connectivity index is 2.02. The van der Waals surface area contributed by atoms with Gasteiger partial charge in [-0.1, -0.05) is 24.3 Å². The van der Waals surface area contributed by atoms with Gasteiger partial charge in [0.25, 0.3) is 0 Å². The zero-order chi connectivity index (χ0) is 13.2. The zero-order valence-electron chi connectivity index (χ0n) is 11.1. The van der Waals surface area contributed by atoms with Gasteiger partial charge in [0.2, 0.25) is 0 Å². The van der Waals surface area contributed by atoms with E-state index in [1.165, 1.54) is 11.3 Å². The Labute approximate surface area is 113 Å². The van der Waals surface area contributed by atoms with E-state index in [-0.39, 0.29) is 6.61 Å². The van der Waals surface area contributed by atoms with Gasteiger partial charge < -0.3 is 10.0 Å². The van der Waals surface area contributed by atoms with Crippen LogP contribution >= 0.6 is 0 Å². The number of para-hydroxylation sites is 1. The number of nitrogens with zero attached hydrogens (tertiary/aromatic N) is 2. The van der Waals surface area contributed by atoms with Crippen LogP contribution < -0.4 is 4.90 Å². The monoisotopic (exact) mass is 254 g/mol. The van der Waals surface area contributed by atoms with E-state index in [0.717, 1.165) is 24.2 Å². The molecule has 0 radical (unpaired) electrons. The fourth-order valence-electron chi connectivity index (χ4n) is 2.69. The Kier molecular flexibility index (Phi) is 3.22. The van der Waals surface area contributed by atoms with E-state index in [0.29, 0.717) is 6.04 Å². The molecule has 0 saturated heterocycles. The van der Waals surface area contributed by atoms with Gasteiger partial charge in [0.1, 0.15) is 5.82 Å². The molecule has 1 aromatic heterocycles. The molecule has 1 unspecified atom stereocenters. The molecule has 0 amide bonds. The predicted octanol–water partition coefficient (Wildman–Crippen LogP) is 3.05. The summed E-state index contributed by atoms with van der Waals surface area (Å²) in [4.78, 5) is 6.78. The van der Waals surface area contributed by atoms with Crippen molar-refractivity contribution in [3.63, 3.8) is 0 Å². The molecular formula is C16H18N2O. The molecule has 98 valence electrons. The van der Waals surface area contributed by atoms with Crippen LogP contribution in [0.4, 0.5) is 11.5 Å². The van der Waals surface area contributed by atoms with E-state index in [1.54, 1.807) is 6.20 Å². The highest BCUT2D eigenvalue weighted by Gasteiger charge is 2.24. The fraction of sp³-hybridized carbons (Fsp3) is 0.312. The van der Waals surface area contributed by atoms with E-state index >= 15 is 0 Å². The molecule has 1 aliphatic rings. The summed E-state index contributed by atoms with van der Waals surface area (Å²) < 4.78 is 0. The maximum absolute atomic E-state index is 9.09. The molecule has 1 aromatic carbocycles. The predicted molar refractivity (Wildman–Crippen MR) is 76.5 cm³/mol. The molecule has 2 aromatic rings. The quantitative estimate of drug-likeness (QED) is 0.895. The Morgan fingerprint density at radius 2 is 2.11 bits per heavy atom. The molecule has 1 atom stereocenters. The second kappa shape index (κ2) is 5.02. The van der Waals surface area contributed by atoms with Crippen LogP contribution in [0.1, 0.15) is 24.5 Å². The van der Waals surface area contributed by atoms with Crippen molar-refractivity contribution in [3.8, 4) is 0 Å². The lowest BCUT2D eigenvalue weighted by Crippen LogP contribution is -2.33. The Hall–Kier alpha value is -1.87. The van der Waals surface area contributed by atoms with Gasteiger partial charge in [-0.3, -0.25) is 0 Å². The Morgan fingerprint density at radius 1 is 1.26 bits per heavy atom. The second-order valence-electron chi connectivity index (χ2n) is 5.07. The maximum atomic E-state index is 9.09. The molecule has 2 heterocycles. The van der Waals surface area contributed by atoms with Crippen molar-refractivity contribution in [1.29, 1.82) is 0 Å². The molecule has 3 nitrogen and oxygen atoms in total. The van der Waals surface area contributed by atoms with Crippen LogP contribution in [-0.2, 0) is 13.0 Å². The summed E-state index contributed by atoms with van der Waals surface area (Å²) in [7, 11) is 0. The van der Waals surface area contributed by atoms with Gasteiger partial charge in [-0.25, -0.2) is 4.98 Å². The van der Waals surface area contributed by atoms with Crippen molar-refractivity contribution >= 4 is 11.5 Å². The van der Waals surface area contributed by atoms with Gasteiger partial charge in [-0.05, 0) is 43.0 Å². The fourth-order valence-corrected chi connectivity index (χ4v) is 2.69. The SMILES string of the molecule is CC1CCc2ccccc2N1c1ccc(CO)cn1. The third-order valence-electron chi connectivity index (χ3n) is 3.76. The van der Waals surface area contributed by atoms with Gasteiger partial charge in [0.15, 0.2) is 0 Å². The van der Waals surface area contributed by atoms with E-state index in [9.17, 15) is 0 Å². The minimum atomic E-state index is 0.0411. The number of aromatic nitrogens is 1. The number of aryl methyl sites for hydroxylation is 1. The lowest BCUT2D eigenvalue weighted by molar-refractivity contribution is 0.281. The lowest BCUT2D eigenvalue weighted by Gasteiger charge is -2.36. The molecule has 1 N–H and O–H groups in total. The van der Waals surface area contributed by atoms with Crippen molar-refractivity contribution in [3.05, 3.63) is 53.7 Å². The van der Waals surface area contributed by atoms with Gasteiger partial charge in [-0.2, -0.15) is 0 Å². The molecule has 0 spiro atoms. The third kappa shape index (κ3) is 2.22. The standard InChI is InChI=1S/C16H18N2O/c1-12-6-8-14-4-2-3-5-15(14)18(12)16-9-7-13(11-19)10-17-16/h2-5,7,9-10,12,19H,6,8,11H2,1H3. The Bertz CT molecular complexity index is 565. The Morgan fingerprint density at radius 3 is 2.84 bits per heavy atom. The number of hydrogen-bond acceptors (Lipinski definition) is 3. The molecule has 0 fully saturated rings. The summed E-state index contributed by atoms with van der Waals surface area (Å²) in [6.07, 6.45) is 4.02. The average Bonchev–Trinajstić information content (AvgIpc) is 2.47. The number of anilines is 2. The van der Waals surface area contributed by atoms with E-state index < -0.39 is 0 Å². The highest BCUT2D eigenvalue weighted by atomic mass is 16.3. The number of hydrogen-bond donors (Lipinski definition) is 1. The van der Waals surface area contributed by atoms with Crippen LogP contribution in [0.2, 0.25) is 0 Å². The van der Waals surface area contributed by atoms with Crippen molar-refractivity contribution in [2.75, 3.05) is 4.90 Å². The van der Waals surface area contributed by atoms with Crippen LogP contribution in [0.5, 0.6) is 0 Å². The van der Waals surface area contributed by atoms with Crippen LogP contribution in [0.15, 0.2) is 42.6 Å². The summed E-state index contributed by atoms with van der Waals surface area (Å²) in [6, 6.07) is 12.9.